The molecule has 0 saturated heterocycles. The van der Waals surface area contributed by atoms with E-state index in [1.807, 2.05) is 18.2 Å². The highest BCUT2D eigenvalue weighted by molar-refractivity contribution is 5.93. The number of nitrogen functional groups attached to an aromatic ring is 1. The number of rotatable bonds is 5. The van der Waals surface area contributed by atoms with Gasteiger partial charge in [0.05, 0.1) is 11.4 Å². The van der Waals surface area contributed by atoms with Crippen molar-refractivity contribution in [1.82, 2.24) is 0 Å². The van der Waals surface area contributed by atoms with Crippen molar-refractivity contribution in [3.8, 4) is 0 Å². The third-order valence-corrected chi connectivity index (χ3v) is 3.15. The number of nitrogens with one attached hydrogen (secondary N) is 1. The Bertz CT molecular complexity index is 380. The predicted molar refractivity (Wildman–Crippen MR) is 80.0 cm³/mol. The van der Waals surface area contributed by atoms with Crippen LogP contribution >= 0.6 is 12.4 Å². The molecule has 18 heavy (non-hydrogen) atoms. The Morgan fingerprint density at radius 1 is 1.33 bits per heavy atom. The average molecular weight is 271 g/mol. The van der Waals surface area contributed by atoms with E-state index in [0.717, 1.165) is 6.42 Å². The van der Waals surface area contributed by atoms with Crippen molar-refractivity contribution in [2.45, 2.75) is 33.6 Å². The van der Waals surface area contributed by atoms with E-state index < -0.39 is 0 Å². The Morgan fingerprint density at radius 2 is 1.94 bits per heavy atom. The molecule has 0 aromatic heterocycles. The van der Waals surface area contributed by atoms with Crippen LogP contribution in [-0.4, -0.2) is 5.91 Å². The second kappa shape index (κ2) is 7.98. The fourth-order valence-corrected chi connectivity index (χ4v) is 1.90. The van der Waals surface area contributed by atoms with Crippen molar-refractivity contribution in [2.24, 2.45) is 11.8 Å². The Morgan fingerprint density at radius 3 is 2.44 bits per heavy atom. The van der Waals surface area contributed by atoms with Crippen LogP contribution < -0.4 is 11.1 Å². The molecule has 3 N–H and O–H groups in total. The van der Waals surface area contributed by atoms with Crippen molar-refractivity contribution in [2.75, 3.05) is 11.1 Å². The lowest BCUT2D eigenvalue weighted by Gasteiger charge is -2.18. The standard InChI is InChI=1S/C14H22N2O.ClH/c1-4-11(10(2)3)9-14(17)16-13-8-6-5-7-12(13)15;/h5-8,10-11H,4,9,15H2,1-3H3,(H,16,17);1H. The maximum atomic E-state index is 11.9. The minimum absolute atomic E-state index is 0. The van der Waals surface area contributed by atoms with Crippen LogP contribution in [0.2, 0.25) is 0 Å². The van der Waals surface area contributed by atoms with Gasteiger partial charge in [0, 0.05) is 6.42 Å². The largest absolute Gasteiger partial charge is 0.397 e. The highest BCUT2D eigenvalue weighted by Crippen LogP contribution is 2.21. The molecule has 0 radical (unpaired) electrons. The Kier molecular flexibility index (Phi) is 7.44. The SMILES string of the molecule is CCC(CC(=O)Nc1ccccc1N)C(C)C.Cl. The lowest BCUT2D eigenvalue weighted by atomic mass is 9.90. The number of carbonyl (C=O) groups is 1. The molecule has 1 aromatic rings. The zero-order valence-electron chi connectivity index (χ0n) is 11.3. The minimum Gasteiger partial charge on any atom is -0.397 e. The van der Waals surface area contributed by atoms with E-state index in [4.69, 9.17) is 5.73 Å². The summed E-state index contributed by atoms with van der Waals surface area (Å²) in [4.78, 5) is 11.9. The van der Waals surface area contributed by atoms with E-state index in [-0.39, 0.29) is 18.3 Å². The van der Waals surface area contributed by atoms with Crippen LogP contribution in [0.25, 0.3) is 0 Å². The molecule has 0 spiro atoms. The molecule has 1 aromatic carbocycles. The van der Waals surface area contributed by atoms with Crippen LogP contribution in [0, 0.1) is 11.8 Å². The number of para-hydroxylation sites is 2. The molecular formula is C14H23ClN2O. The van der Waals surface area contributed by atoms with Gasteiger partial charge in [0.25, 0.3) is 0 Å². The molecule has 1 amide bonds. The van der Waals surface area contributed by atoms with Gasteiger partial charge in [0.2, 0.25) is 5.91 Å². The Hall–Kier alpha value is -1.22. The zero-order chi connectivity index (χ0) is 12.8. The molecule has 1 rings (SSSR count). The molecule has 3 nitrogen and oxygen atoms in total. The number of hydrogen-bond acceptors (Lipinski definition) is 2. The Labute approximate surface area is 116 Å². The third kappa shape index (κ3) is 4.96. The molecule has 0 fully saturated rings. The van der Waals surface area contributed by atoms with E-state index in [9.17, 15) is 4.79 Å². The summed E-state index contributed by atoms with van der Waals surface area (Å²) < 4.78 is 0. The predicted octanol–water partition coefficient (Wildman–Crippen LogP) is 3.70. The van der Waals surface area contributed by atoms with Crippen molar-refractivity contribution >= 4 is 29.7 Å². The molecule has 0 saturated carbocycles. The molecular weight excluding hydrogens is 248 g/mol. The summed E-state index contributed by atoms with van der Waals surface area (Å²) in [6, 6.07) is 7.33. The number of carbonyl (C=O) groups excluding carboxylic acids is 1. The molecule has 0 aliphatic rings. The van der Waals surface area contributed by atoms with Crippen molar-refractivity contribution in [3.63, 3.8) is 0 Å². The molecule has 0 aliphatic heterocycles. The van der Waals surface area contributed by atoms with Gasteiger partial charge < -0.3 is 11.1 Å². The van der Waals surface area contributed by atoms with Gasteiger partial charge in [0.15, 0.2) is 0 Å². The second-order valence-electron chi connectivity index (χ2n) is 4.75. The highest BCUT2D eigenvalue weighted by Gasteiger charge is 2.16. The fourth-order valence-electron chi connectivity index (χ4n) is 1.90. The van der Waals surface area contributed by atoms with E-state index in [2.05, 4.69) is 26.1 Å². The highest BCUT2D eigenvalue weighted by atomic mass is 35.5. The van der Waals surface area contributed by atoms with Gasteiger partial charge >= 0.3 is 0 Å². The van der Waals surface area contributed by atoms with Gasteiger partial charge in [0.1, 0.15) is 0 Å². The zero-order valence-corrected chi connectivity index (χ0v) is 12.1. The smallest absolute Gasteiger partial charge is 0.224 e. The second-order valence-corrected chi connectivity index (χ2v) is 4.75. The number of hydrogen-bond donors (Lipinski definition) is 2. The van der Waals surface area contributed by atoms with Crippen molar-refractivity contribution < 1.29 is 4.79 Å². The summed E-state index contributed by atoms with van der Waals surface area (Å²) in [5.41, 5.74) is 7.09. The summed E-state index contributed by atoms with van der Waals surface area (Å²) in [6.45, 7) is 6.42. The summed E-state index contributed by atoms with van der Waals surface area (Å²) in [5.74, 6) is 1.00. The molecule has 102 valence electrons. The van der Waals surface area contributed by atoms with Crippen LogP contribution in [-0.2, 0) is 4.79 Å². The van der Waals surface area contributed by atoms with Gasteiger partial charge in [-0.05, 0) is 24.0 Å². The summed E-state index contributed by atoms with van der Waals surface area (Å²) in [5, 5.41) is 2.87. The number of nitrogens with two attached hydrogens (primary N) is 1. The van der Waals surface area contributed by atoms with Crippen molar-refractivity contribution in [1.29, 1.82) is 0 Å². The minimum atomic E-state index is 0. The summed E-state index contributed by atoms with van der Waals surface area (Å²) in [7, 11) is 0. The fraction of sp³-hybridized carbons (Fsp3) is 0.500. The maximum absolute atomic E-state index is 11.9. The van der Waals surface area contributed by atoms with Crippen LogP contribution in [0.15, 0.2) is 24.3 Å². The van der Waals surface area contributed by atoms with E-state index in [1.165, 1.54) is 0 Å². The lowest BCUT2D eigenvalue weighted by molar-refractivity contribution is -0.117. The number of anilines is 2. The average Bonchev–Trinajstić information content (AvgIpc) is 2.28. The molecule has 4 heteroatoms. The quantitative estimate of drug-likeness (QED) is 0.802. The van der Waals surface area contributed by atoms with Crippen molar-refractivity contribution in [3.05, 3.63) is 24.3 Å². The molecule has 0 aliphatic carbocycles. The van der Waals surface area contributed by atoms with Crippen LogP contribution in [0.4, 0.5) is 11.4 Å². The number of halogens is 1. The van der Waals surface area contributed by atoms with Gasteiger partial charge in [-0.2, -0.15) is 0 Å². The Balaban J connectivity index is 0.00000289. The first-order valence-electron chi connectivity index (χ1n) is 6.19. The van der Waals surface area contributed by atoms with Crippen LogP contribution in [0.3, 0.4) is 0 Å². The monoisotopic (exact) mass is 270 g/mol. The van der Waals surface area contributed by atoms with E-state index in [0.29, 0.717) is 29.6 Å². The first-order valence-corrected chi connectivity index (χ1v) is 6.19. The van der Waals surface area contributed by atoms with Gasteiger partial charge in [-0.3, -0.25) is 4.79 Å². The first-order chi connectivity index (χ1) is 8.04. The van der Waals surface area contributed by atoms with Gasteiger partial charge in [-0.1, -0.05) is 39.3 Å². The normalized spacial score (nSPS) is 11.8. The van der Waals surface area contributed by atoms with E-state index >= 15 is 0 Å². The molecule has 0 bridgehead atoms. The number of amides is 1. The van der Waals surface area contributed by atoms with E-state index in [1.54, 1.807) is 6.07 Å². The van der Waals surface area contributed by atoms with Crippen LogP contribution in [0.5, 0.6) is 0 Å². The molecule has 1 atom stereocenters. The summed E-state index contributed by atoms with van der Waals surface area (Å²) in [6.07, 6.45) is 1.58. The summed E-state index contributed by atoms with van der Waals surface area (Å²) >= 11 is 0. The lowest BCUT2D eigenvalue weighted by Crippen LogP contribution is -2.19. The topological polar surface area (TPSA) is 55.1 Å². The van der Waals surface area contributed by atoms with Gasteiger partial charge in [-0.15, -0.1) is 12.4 Å². The maximum Gasteiger partial charge on any atom is 0.224 e. The van der Waals surface area contributed by atoms with Gasteiger partial charge in [-0.25, -0.2) is 0 Å². The molecule has 0 heterocycles. The molecule has 1 unspecified atom stereocenters. The first kappa shape index (κ1) is 16.8. The van der Waals surface area contributed by atoms with Crippen LogP contribution in [0.1, 0.15) is 33.6 Å². The third-order valence-electron chi connectivity index (χ3n) is 3.15. The number of benzene rings is 1.